The molecule has 0 amide bonds. The Morgan fingerprint density at radius 1 is 0.512 bits per heavy atom. The van der Waals surface area contributed by atoms with Gasteiger partial charge in [-0.2, -0.15) is 0 Å². The average Bonchev–Trinajstić information content (AvgIpc) is 2.91. The summed E-state index contributed by atoms with van der Waals surface area (Å²) in [6, 6.07) is 0. The highest BCUT2D eigenvalue weighted by Crippen LogP contribution is 2.61. The van der Waals surface area contributed by atoms with Gasteiger partial charge in [0, 0.05) is 0 Å². The van der Waals surface area contributed by atoms with E-state index in [0.717, 1.165) is 0 Å². The predicted molar refractivity (Wildman–Crippen MR) is 116 cm³/mol. The van der Waals surface area contributed by atoms with E-state index in [0.29, 0.717) is 0 Å². The molecule has 0 aliphatic carbocycles. The molecule has 0 bridgehead atoms. The summed E-state index contributed by atoms with van der Waals surface area (Å²) in [7, 11) is -6.48. The summed E-state index contributed by atoms with van der Waals surface area (Å²) >= 11 is 0. The maximum atomic E-state index is 13.9. The number of aliphatic hydroxyl groups is 15. The van der Waals surface area contributed by atoms with Gasteiger partial charge in [-0.05, 0) is 0 Å². The number of phosphoric ester groups is 1. The van der Waals surface area contributed by atoms with Gasteiger partial charge in [0.25, 0.3) is 17.4 Å². The van der Waals surface area contributed by atoms with Gasteiger partial charge in [0.2, 0.25) is 18.9 Å². The Kier molecular flexibility index (Phi) is 10.6. The molecular weight excluding hydrogens is 599 g/mol. The van der Waals surface area contributed by atoms with Gasteiger partial charge in [0.05, 0.1) is 19.8 Å². The van der Waals surface area contributed by atoms with Crippen molar-refractivity contribution in [2.24, 2.45) is 0 Å². The number of aliphatic hydroxyl groups excluding tert-OH is 12. The monoisotopic (exact) mass is 632 g/mol. The van der Waals surface area contributed by atoms with Crippen LogP contribution in [0.2, 0.25) is 0 Å². The summed E-state index contributed by atoms with van der Waals surface area (Å²) in [5, 5.41) is 152. The standard InChI is InChI=1S/C18H33O22P/c19-1-4-7(22)10(25)16(31,13(28)35-4)38-41(34,39-17(32)11(26)8(23)5(2-20)36-14(17)29)40-18(33)12(27)9(24)6(3-21)37-15(18)30/h4-15,19-33H,1-3H2/t4-,5-,6-,7-,8-,9-,10+,11+,12+,13+,14+,15+,16-,17-,18-/m1/s1. The molecule has 23 heteroatoms. The number of phosphoric acid groups is 1. The molecule has 3 saturated heterocycles. The van der Waals surface area contributed by atoms with Gasteiger partial charge in [0.15, 0.2) is 0 Å². The maximum Gasteiger partial charge on any atom is 0.483 e. The first kappa shape index (κ1) is 34.9. The Bertz CT molecular complexity index is 830. The molecule has 0 aromatic carbocycles. The first-order valence-electron chi connectivity index (χ1n) is 11.7. The first-order valence-corrected chi connectivity index (χ1v) is 13.1. The molecule has 3 fully saturated rings. The number of hydrogen-bond donors (Lipinski definition) is 15. The molecule has 0 aromatic heterocycles. The van der Waals surface area contributed by atoms with Crippen molar-refractivity contribution in [3.05, 3.63) is 0 Å². The lowest BCUT2D eigenvalue weighted by molar-refractivity contribution is -0.419. The van der Waals surface area contributed by atoms with E-state index in [1.807, 2.05) is 0 Å². The third-order valence-corrected chi connectivity index (χ3v) is 8.22. The zero-order valence-electron chi connectivity index (χ0n) is 20.6. The molecule has 3 aliphatic heterocycles. The zero-order chi connectivity index (χ0) is 31.3. The molecular formula is C18H33O22P. The number of ether oxygens (including phenoxy) is 3. The van der Waals surface area contributed by atoms with Crippen LogP contribution < -0.4 is 0 Å². The second-order valence-corrected chi connectivity index (χ2v) is 10.9. The van der Waals surface area contributed by atoms with Gasteiger partial charge in [-0.15, -0.1) is 0 Å². The van der Waals surface area contributed by atoms with Gasteiger partial charge in [-0.1, -0.05) is 0 Å². The van der Waals surface area contributed by atoms with E-state index in [1.165, 1.54) is 0 Å². The normalized spacial score (nSPS) is 51.5. The van der Waals surface area contributed by atoms with Crippen molar-refractivity contribution in [3.63, 3.8) is 0 Å². The molecule has 41 heavy (non-hydrogen) atoms. The van der Waals surface area contributed by atoms with Crippen LogP contribution in [0.15, 0.2) is 0 Å². The largest absolute Gasteiger partial charge is 0.483 e. The second kappa shape index (κ2) is 12.4. The summed E-state index contributed by atoms with van der Waals surface area (Å²) in [5.41, 5.74) is 0. The smallest absolute Gasteiger partial charge is 0.394 e. The molecule has 0 spiro atoms. The van der Waals surface area contributed by atoms with Crippen molar-refractivity contribution >= 4 is 7.82 Å². The topological polar surface area (TPSA) is 376 Å². The fraction of sp³-hybridized carbons (Fsp3) is 1.00. The van der Waals surface area contributed by atoms with E-state index in [1.54, 1.807) is 0 Å². The quantitative estimate of drug-likeness (QED) is 0.0828. The van der Waals surface area contributed by atoms with Crippen LogP contribution in [0.5, 0.6) is 0 Å². The Labute approximate surface area is 228 Å². The lowest BCUT2D eigenvalue weighted by Crippen LogP contribution is -2.70. The molecule has 15 N–H and O–H groups in total. The Morgan fingerprint density at radius 2 is 0.732 bits per heavy atom. The Hall–Kier alpha value is -0.610. The van der Waals surface area contributed by atoms with E-state index < -0.39 is 119 Å². The summed E-state index contributed by atoms with van der Waals surface area (Å²) in [6.07, 6.45) is -29.6. The second-order valence-electron chi connectivity index (χ2n) is 9.41. The van der Waals surface area contributed by atoms with E-state index in [9.17, 15) is 81.2 Å². The van der Waals surface area contributed by atoms with Crippen LogP contribution in [0, 0.1) is 0 Å². The first-order chi connectivity index (χ1) is 18.8. The van der Waals surface area contributed by atoms with Gasteiger partial charge >= 0.3 is 7.82 Å². The van der Waals surface area contributed by atoms with Gasteiger partial charge in [0.1, 0.15) is 54.9 Å². The maximum absolute atomic E-state index is 13.9. The van der Waals surface area contributed by atoms with Crippen molar-refractivity contribution in [3.8, 4) is 0 Å². The zero-order valence-corrected chi connectivity index (χ0v) is 21.5. The minimum Gasteiger partial charge on any atom is -0.394 e. The molecule has 15 atom stereocenters. The minimum absolute atomic E-state index is 1.07. The van der Waals surface area contributed by atoms with Gasteiger partial charge in [-0.3, -0.25) is 0 Å². The Morgan fingerprint density at radius 3 is 0.927 bits per heavy atom. The molecule has 3 heterocycles. The van der Waals surface area contributed by atoms with Crippen LogP contribution in [0.4, 0.5) is 0 Å². The summed E-state index contributed by atoms with van der Waals surface area (Å²) in [6.45, 7) is -3.22. The fourth-order valence-electron chi connectivity index (χ4n) is 4.16. The average molecular weight is 632 g/mol. The lowest BCUT2D eigenvalue weighted by Gasteiger charge is -2.50. The van der Waals surface area contributed by atoms with Crippen molar-refractivity contribution in [1.29, 1.82) is 0 Å². The molecule has 22 nitrogen and oxygen atoms in total. The van der Waals surface area contributed by atoms with E-state index in [2.05, 4.69) is 27.8 Å². The van der Waals surface area contributed by atoms with Crippen LogP contribution in [0.1, 0.15) is 0 Å². The highest BCUT2D eigenvalue weighted by atomic mass is 31.2. The van der Waals surface area contributed by atoms with Crippen molar-refractivity contribution in [1.82, 2.24) is 0 Å². The molecule has 0 radical (unpaired) electrons. The lowest BCUT2D eigenvalue weighted by atomic mass is 9.96. The molecule has 0 aromatic rings. The minimum atomic E-state index is -6.48. The number of rotatable bonds is 9. The van der Waals surface area contributed by atoms with Crippen LogP contribution in [-0.2, 0) is 32.3 Å². The SMILES string of the molecule is O=P(O[C@@]1(O)[C@@H](O)O[C@H](CO)[C@@H](O)[C@@H]1O)(O[C@@]1(O)[C@@H](O)O[C@H](CO)[C@@H](O)[C@@H]1O)O[C@@]1(O)[C@@H](O)O[C@H](CO)[C@@H](O)[C@@H]1O. The van der Waals surface area contributed by atoms with E-state index >= 15 is 0 Å². The van der Waals surface area contributed by atoms with E-state index in [4.69, 9.17) is 0 Å². The van der Waals surface area contributed by atoms with Crippen LogP contribution >= 0.6 is 7.82 Å². The molecule has 3 rings (SSSR count). The van der Waals surface area contributed by atoms with Gasteiger partial charge < -0.3 is 90.8 Å². The Balaban J connectivity index is 2.08. The molecule has 242 valence electrons. The highest BCUT2D eigenvalue weighted by Gasteiger charge is 2.67. The summed E-state index contributed by atoms with van der Waals surface area (Å²) in [4.78, 5) is 0. The molecule has 0 unspecified atom stereocenters. The fourth-order valence-corrected chi connectivity index (χ4v) is 5.94. The van der Waals surface area contributed by atoms with E-state index in [-0.39, 0.29) is 0 Å². The van der Waals surface area contributed by atoms with Crippen LogP contribution in [0.3, 0.4) is 0 Å². The summed E-state index contributed by atoms with van der Waals surface area (Å²) in [5.74, 6) is -11.7. The van der Waals surface area contributed by atoms with Gasteiger partial charge in [-0.25, -0.2) is 18.1 Å². The highest BCUT2D eigenvalue weighted by molar-refractivity contribution is 7.48. The number of hydrogen-bond acceptors (Lipinski definition) is 22. The third kappa shape index (κ3) is 6.05. The van der Waals surface area contributed by atoms with Crippen molar-refractivity contribution in [2.45, 2.75) is 91.2 Å². The predicted octanol–water partition coefficient (Wildman–Crippen LogP) is -9.50. The molecule has 3 aliphatic rings. The van der Waals surface area contributed by atoms with Crippen molar-refractivity contribution in [2.75, 3.05) is 19.8 Å². The van der Waals surface area contributed by atoms with Crippen LogP contribution in [0.25, 0.3) is 0 Å². The third-order valence-electron chi connectivity index (χ3n) is 6.67. The van der Waals surface area contributed by atoms with Crippen molar-refractivity contribution < 1.29 is 109 Å². The molecule has 0 saturated carbocycles. The van der Waals surface area contributed by atoms with Crippen LogP contribution in [-0.4, -0.2) is 188 Å². The summed E-state index contributed by atoms with van der Waals surface area (Å²) < 4.78 is 41.8.